The summed E-state index contributed by atoms with van der Waals surface area (Å²) in [6.45, 7) is 19.7. The Morgan fingerprint density at radius 2 is 1.10 bits per heavy atom. The summed E-state index contributed by atoms with van der Waals surface area (Å²) in [5, 5.41) is 13.2. The number of rotatable bonds is 19. The molecule has 0 rings (SSSR count). The van der Waals surface area contributed by atoms with Gasteiger partial charge in [-0.1, -0.05) is 0 Å². The lowest BCUT2D eigenvalue weighted by Gasteiger charge is -2.32. The zero-order valence-corrected chi connectivity index (χ0v) is 32.2. The highest BCUT2D eigenvalue weighted by molar-refractivity contribution is 5.94. The number of nitrogens with two attached hydrogens (primary N) is 1. The largest absolute Gasteiger partial charge is 0.467 e. The van der Waals surface area contributed by atoms with Gasteiger partial charge in [0.2, 0.25) is 17.7 Å². The molecule has 290 valence electrons. The summed E-state index contributed by atoms with van der Waals surface area (Å²) in [4.78, 5) is 75.6. The van der Waals surface area contributed by atoms with Gasteiger partial charge in [0, 0.05) is 13.1 Å². The normalized spacial score (nSPS) is 14.9. The van der Waals surface area contributed by atoms with Gasteiger partial charge in [-0.05, 0) is 115 Å². The second-order valence-electron chi connectivity index (χ2n) is 15.2. The van der Waals surface area contributed by atoms with E-state index in [4.69, 9.17) is 24.7 Å². The van der Waals surface area contributed by atoms with Gasteiger partial charge in [-0.2, -0.15) is 0 Å². The summed E-state index contributed by atoms with van der Waals surface area (Å²) in [5.74, 6) is -2.58. The summed E-state index contributed by atoms with van der Waals surface area (Å²) in [6, 6.07) is -4.25. The average Bonchev–Trinajstić information content (AvgIpc) is 2.95. The van der Waals surface area contributed by atoms with Gasteiger partial charge in [0.1, 0.15) is 29.3 Å². The van der Waals surface area contributed by atoms with Gasteiger partial charge in [-0.3, -0.25) is 14.4 Å². The van der Waals surface area contributed by atoms with Crippen molar-refractivity contribution in [1.29, 1.82) is 0 Å². The van der Waals surface area contributed by atoms with Crippen LogP contribution in [0.5, 0.6) is 0 Å². The summed E-state index contributed by atoms with van der Waals surface area (Å²) in [7, 11) is 1.20. The number of amides is 5. The number of unbranched alkanes of at least 4 members (excludes halogenated alkanes) is 2. The number of ether oxygens (including phenoxy) is 4. The smallest absolute Gasteiger partial charge is 0.407 e. The molecule has 5 atom stereocenters. The van der Waals surface area contributed by atoms with Crippen molar-refractivity contribution in [1.82, 2.24) is 26.6 Å². The second kappa shape index (κ2) is 21.5. The van der Waals surface area contributed by atoms with Gasteiger partial charge in [0.05, 0.1) is 24.9 Å². The Bertz CT molecular complexity index is 1110. The van der Waals surface area contributed by atoms with Crippen LogP contribution in [0, 0.1) is 0 Å². The van der Waals surface area contributed by atoms with Gasteiger partial charge in [-0.15, -0.1) is 0 Å². The minimum atomic E-state index is -1.20. The molecule has 16 nitrogen and oxygen atoms in total. The van der Waals surface area contributed by atoms with Crippen LogP contribution in [0.3, 0.4) is 0 Å². The van der Waals surface area contributed by atoms with E-state index in [1.54, 1.807) is 69.2 Å². The van der Waals surface area contributed by atoms with E-state index in [0.29, 0.717) is 38.8 Å². The molecule has 0 aliphatic rings. The number of carbonyl (C=O) groups is 6. The molecule has 0 saturated carbocycles. The van der Waals surface area contributed by atoms with Gasteiger partial charge >= 0.3 is 18.2 Å². The zero-order chi connectivity index (χ0) is 38.9. The zero-order valence-electron chi connectivity index (χ0n) is 32.2. The molecule has 0 bridgehead atoms. The summed E-state index contributed by atoms with van der Waals surface area (Å²) in [5.41, 5.74) is 4.23. The second-order valence-corrected chi connectivity index (χ2v) is 15.2. The number of hydrogen-bond acceptors (Lipinski definition) is 11. The Kier molecular flexibility index (Phi) is 20.0. The molecular weight excluding hydrogens is 652 g/mol. The van der Waals surface area contributed by atoms with Crippen LogP contribution < -0.4 is 32.3 Å². The van der Waals surface area contributed by atoms with Gasteiger partial charge in [0.15, 0.2) is 0 Å². The number of nitrogens with one attached hydrogen (secondary N) is 5. The maximum Gasteiger partial charge on any atom is 0.407 e. The third-order valence-corrected chi connectivity index (χ3v) is 6.68. The Morgan fingerprint density at radius 1 is 0.620 bits per heavy atom. The van der Waals surface area contributed by atoms with Crippen molar-refractivity contribution >= 4 is 35.9 Å². The quantitative estimate of drug-likeness (QED) is 0.0647. The number of methoxy groups -OCH3 is 1. The van der Waals surface area contributed by atoms with Crippen LogP contribution in [-0.4, -0.2) is 103 Å². The minimum absolute atomic E-state index is 0.221. The van der Waals surface area contributed by atoms with Crippen LogP contribution in [0.4, 0.5) is 9.59 Å². The number of esters is 1. The third-order valence-electron chi connectivity index (χ3n) is 6.68. The van der Waals surface area contributed by atoms with E-state index in [2.05, 4.69) is 26.6 Å². The Morgan fingerprint density at radius 3 is 1.54 bits per heavy atom. The number of hydrogen-bond donors (Lipinski definition) is 6. The molecule has 0 spiro atoms. The lowest BCUT2D eigenvalue weighted by atomic mass is 10.1. The Balaban J connectivity index is 5.24. The van der Waals surface area contributed by atoms with Crippen molar-refractivity contribution in [3.8, 4) is 0 Å². The van der Waals surface area contributed by atoms with Crippen LogP contribution in [0.1, 0.15) is 115 Å². The number of carbonyl (C=O) groups excluding carboxylic acids is 6. The first-order valence-corrected chi connectivity index (χ1v) is 17.2. The Labute approximate surface area is 297 Å². The minimum Gasteiger partial charge on any atom is -0.467 e. The predicted molar refractivity (Wildman–Crippen MR) is 188 cm³/mol. The van der Waals surface area contributed by atoms with E-state index >= 15 is 0 Å². The predicted octanol–water partition coefficient (Wildman–Crippen LogP) is 2.55. The molecule has 0 radical (unpaired) electrons. The molecule has 0 aliphatic heterocycles. The summed E-state index contributed by atoms with van der Waals surface area (Å²) >= 11 is 0. The molecule has 0 unspecified atom stereocenters. The van der Waals surface area contributed by atoms with Crippen LogP contribution in [0.25, 0.3) is 0 Å². The van der Waals surface area contributed by atoms with Crippen molar-refractivity contribution in [3.05, 3.63) is 0 Å². The lowest BCUT2D eigenvalue weighted by molar-refractivity contribution is -0.145. The van der Waals surface area contributed by atoms with Crippen molar-refractivity contribution in [2.45, 2.75) is 162 Å². The molecule has 5 amide bonds. The van der Waals surface area contributed by atoms with Crippen molar-refractivity contribution < 1.29 is 47.7 Å². The van der Waals surface area contributed by atoms with Crippen LogP contribution in [0.2, 0.25) is 0 Å². The highest BCUT2D eigenvalue weighted by Crippen LogP contribution is 2.14. The summed E-state index contributed by atoms with van der Waals surface area (Å²) in [6.07, 6.45) is 0.660. The highest BCUT2D eigenvalue weighted by Gasteiger charge is 2.34. The average molecular weight is 717 g/mol. The van der Waals surface area contributed by atoms with Crippen LogP contribution in [-0.2, 0) is 38.1 Å². The van der Waals surface area contributed by atoms with E-state index in [9.17, 15) is 28.8 Å². The third kappa shape index (κ3) is 22.1. The maximum absolute atomic E-state index is 13.5. The van der Waals surface area contributed by atoms with Gasteiger partial charge < -0.3 is 51.3 Å². The molecule has 0 fully saturated rings. The van der Waals surface area contributed by atoms with Crippen molar-refractivity contribution in [2.75, 3.05) is 20.2 Å². The highest BCUT2D eigenvalue weighted by atomic mass is 16.6. The Hall–Kier alpha value is -3.66. The molecule has 0 aromatic carbocycles. The van der Waals surface area contributed by atoms with Gasteiger partial charge in [0.25, 0.3) is 0 Å². The first kappa shape index (κ1) is 46.3. The van der Waals surface area contributed by atoms with E-state index in [-0.39, 0.29) is 12.8 Å². The molecule has 0 aromatic heterocycles. The monoisotopic (exact) mass is 716 g/mol. The molecule has 0 heterocycles. The van der Waals surface area contributed by atoms with Crippen LogP contribution in [0.15, 0.2) is 0 Å². The van der Waals surface area contributed by atoms with Gasteiger partial charge in [-0.25, -0.2) is 14.4 Å². The number of alkyl carbamates (subject to hydrolysis) is 2. The molecule has 50 heavy (non-hydrogen) atoms. The molecular formula is C34H64N6O10. The van der Waals surface area contributed by atoms with Crippen molar-refractivity contribution in [2.24, 2.45) is 5.73 Å². The fraction of sp³-hybridized carbons (Fsp3) is 0.824. The lowest BCUT2D eigenvalue weighted by Crippen LogP contribution is -2.60. The first-order chi connectivity index (χ1) is 22.8. The van der Waals surface area contributed by atoms with E-state index in [0.717, 1.165) is 0 Å². The van der Waals surface area contributed by atoms with E-state index in [1.165, 1.54) is 14.0 Å². The van der Waals surface area contributed by atoms with Crippen LogP contribution >= 0.6 is 0 Å². The SMILES string of the molecule is COC(=O)[C@H](CCCCNC(=O)OC(C)(C)C)NC(=O)[C@H](C)NC(=O)[C@@H](NC(=O)[C@@H](N)CCCCNC(=O)OC(C)(C)C)[C@@H](C)OC(C)(C)C. The topological polar surface area (TPSA) is 226 Å². The molecule has 0 saturated heterocycles. The summed E-state index contributed by atoms with van der Waals surface area (Å²) < 4.78 is 21.2. The fourth-order valence-corrected chi connectivity index (χ4v) is 4.44. The van der Waals surface area contributed by atoms with E-state index < -0.39 is 83.0 Å². The first-order valence-electron chi connectivity index (χ1n) is 17.2. The molecule has 0 aliphatic carbocycles. The molecule has 7 N–H and O–H groups in total. The fourth-order valence-electron chi connectivity index (χ4n) is 4.44. The van der Waals surface area contributed by atoms with Crippen molar-refractivity contribution in [3.63, 3.8) is 0 Å². The molecule has 16 heteroatoms. The van der Waals surface area contributed by atoms with E-state index in [1.807, 2.05) is 0 Å². The standard InChI is InChI=1S/C34H64N6O10/c1-21(26(41)39-24(29(44)47-12)18-14-16-20-37-31(46)50-34(9,10)11)38-28(43)25(22(2)48-32(3,4)5)40-27(42)23(35)17-13-15-19-36-30(45)49-33(6,7)8/h21-25H,13-20,35H2,1-12H3,(H,36,45)(H,37,46)(H,38,43)(H,39,41)(H,40,42)/t21-,22+,23-,24-,25-/m0/s1. The maximum atomic E-state index is 13.5. The molecule has 0 aromatic rings.